The van der Waals surface area contributed by atoms with Crippen molar-refractivity contribution < 1.29 is 29.0 Å². The van der Waals surface area contributed by atoms with Crippen molar-refractivity contribution in [3.8, 4) is 0 Å². The van der Waals surface area contributed by atoms with Gasteiger partial charge in [0.25, 0.3) is 0 Å². The number of hydrogen-bond donors (Lipinski definition) is 1. The van der Waals surface area contributed by atoms with E-state index in [0.717, 1.165) is 6.21 Å². The van der Waals surface area contributed by atoms with Crippen molar-refractivity contribution in [3.05, 3.63) is 0 Å². The number of carbonyl (C=O) groups is 3. The minimum Gasteiger partial charge on any atom is -0.481 e. The highest BCUT2D eigenvalue weighted by Crippen LogP contribution is 2.66. The van der Waals surface area contributed by atoms with Gasteiger partial charge in [0.15, 0.2) is 0 Å². The molecule has 0 radical (unpaired) electrons. The highest BCUT2D eigenvalue weighted by molar-refractivity contribution is 6.00. The number of carboxylic acid groups (broad SMARTS) is 1. The maximum absolute atomic E-state index is 11.7. The van der Waals surface area contributed by atoms with Gasteiger partial charge in [0.2, 0.25) is 0 Å². The van der Waals surface area contributed by atoms with Crippen LogP contribution in [0.4, 0.5) is 4.79 Å². The first-order valence-corrected chi connectivity index (χ1v) is 7.22. The normalized spacial score (nSPS) is 33.4. The Kier molecular flexibility index (Phi) is 4.02. The average molecular weight is 311 g/mol. The van der Waals surface area contributed by atoms with Crippen LogP contribution in [0.2, 0.25) is 0 Å². The Balaban J connectivity index is 2.16. The molecular weight excluding hydrogens is 290 g/mol. The molecule has 0 aromatic rings. The smallest absolute Gasteiger partial charge is 0.433 e. The molecule has 22 heavy (non-hydrogen) atoms. The number of esters is 1. The molecule has 1 amide bonds. The first-order valence-electron chi connectivity index (χ1n) is 7.22. The molecule has 2 fully saturated rings. The zero-order valence-electron chi connectivity index (χ0n) is 13.2. The van der Waals surface area contributed by atoms with Crippen molar-refractivity contribution in [2.24, 2.45) is 28.2 Å². The second kappa shape index (κ2) is 5.37. The third-order valence-corrected chi connectivity index (χ3v) is 4.32. The van der Waals surface area contributed by atoms with Gasteiger partial charge in [0.1, 0.15) is 11.0 Å². The maximum Gasteiger partial charge on any atom is 0.433 e. The molecule has 7 heteroatoms. The van der Waals surface area contributed by atoms with Gasteiger partial charge in [-0.3, -0.25) is 9.59 Å². The zero-order chi connectivity index (χ0) is 16.7. The summed E-state index contributed by atoms with van der Waals surface area (Å²) in [6, 6.07) is 0. The number of carbonyl (C=O) groups excluding carboxylic acids is 2. The Bertz CT molecular complexity index is 535. The van der Waals surface area contributed by atoms with Gasteiger partial charge in [-0.2, -0.15) is 4.99 Å². The summed E-state index contributed by atoms with van der Waals surface area (Å²) in [4.78, 5) is 38.7. The van der Waals surface area contributed by atoms with E-state index in [1.54, 1.807) is 20.8 Å². The van der Waals surface area contributed by atoms with E-state index in [4.69, 9.17) is 9.47 Å². The molecule has 0 aromatic carbocycles. The van der Waals surface area contributed by atoms with Crippen LogP contribution in [-0.4, -0.2) is 42.1 Å². The summed E-state index contributed by atoms with van der Waals surface area (Å²) in [5.74, 6) is -2.25. The molecule has 0 bridgehead atoms. The van der Waals surface area contributed by atoms with E-state index in [1.807, 2.05) is 0 Å². The lowest BCUT2D eigenvalue weighted by molar-refractivity contribution is -0.147. The van der Waals surface area contributed by atoms with Crippen LogP contribution < -0.4 is 0 Å². The number of ether oxygens (including phenoxy) is 2. The third-order valence-electron chi connectivity index (χ3n) is 4.32. The molecule has 0 aliphatic heterocycles. The van der Waals surface area contributed by atoms with E-state index in [-0.39, 0.29) is 11.8 Å². The number of carboxylic acids is 1. The molecule has 0 aromatic heterocycles. The average Bonchev–Trinajstić information content (AvgIpc) is 2.99. The highest BCUT2D eigenvalue weighted by Gasteiger charge is 2.71. The maximum atomic E-state index is 11.7. The second-order valence-electron chi connectivity index (χ2n) is 6.86. The molecule has 2 aliphatic rings. The molecule has 0 saturated heterocycles. The molecule has 0 heterocycles. The Labute approximate surface area is 128 Å². The van der Waals surface area contributed by atoms with Crippen LogP contribution in [0.25, 0.3) is 0 Å². The van der Waals surface area contributed by atoms with E-state index in [1.165, 1.54) is 7.11 Å². The molecule has 2 rings (SSSR count). The van der Waals surface area contributed by atoms with Gasteiger partial charge in [-0.05, 0) is 45.4 Å². The van der Waals surface area contributed by atoms with Gasteiger partial charge in [-0.15, -0.1) is 0 Å². The van der Waals surface area contributed by atoms with Crippen LogP contribution in [0.15, 0.2) is 4.99 Å². The van der Waals surface area contributed by atoms with Crippen LogP contribution in [0, 0.1) is 23.2 Å². The van der Waals surface area contributed by atoms with E-state index in [2.05, 4.69) is 4.99 Å². The Morgan fingerprint density at radius 2 is 1.95 bits per heavy atom. The lowest BCUT2D eigenvalue weighted by atomic mass is 9.82. The summed E-state index contributed by atoms with van der Waals surface area (Å²) in [6.45, 7) is 5.10. The Morgan fingerprint density at radius 3 is 2.45 bits per heavy atom. The van der Waals surface area contributed by atoms with Gasteiger partial charge in [0.05, 0.1) is 13.0 Å². The first-order chi connectivity index (χ1) is 10.1. The summed E-state index contributed by atoms with van der Waals surface area (Å²) in [7, 11) is 1.29. The predicted octanol–water partition coefficient (Wildman–Crippen LogP) is 1.89. The lowest BCUT2D eigenvalue weighted by Crippen LogP contribution is -2.35. The van der Waals surface area contributed by atoms with Crippen molar-refractivity contribution in [2.45, 2.75) is 39.2 Å². The van der Waals surface area contributed by atoms with Crippen molar-refractivity contribution in [1.29, 1.82) is 0 Å². The molecule has 0 unspecified atom stereocenters. The van der Waals surface area contributed by atoms with Crippen LogP contribution in [0.3, 0.4) is 0 Å². The number of nitrogens with zero attached hydrogens (tertiary/aromatic N) is 1. The fourth-order valence-electron chi connectivity index (χ4n) is 3.38. The fourth-order valence-corrected chi connectivity index (χ4v) is 3.38. The molecule has 7 nitrogen and oxygen atoms in total. The third kappa shape index (κ3) is 2.84. The number of fused-ring (bicyclic) bond motifs is 1. The number of rotatable bonds is 3. The lowest BCUT2D eigenvalue weighted by Gasteiger charge is -2.22. The molecule has 1 N–H and O–H groups in total. The minimum atomic E-state index is -1.29. The second-order valence-corrected chi connectivity index (χ2v) is 6.86. The SMILES string of the molecule is COC(=O)[C@H]1[C@@H]2CC[C@@](/C=N/C(=O)OC(C)(C)C)(C(=O)O)[C@@H]21. The molecule has 2 aliphatic carbocycles. The predicted molar refractivity (Wildman–Crippen MR) is 76.5 cm³/mol. The van der Waals surface area contributed by atoms with Gasteiger partial charge >= 0.3 is 18.0 Å². The Hall–Kier alpha value is -1.92. The quantitative estimate of drug-likeness (QED) is 0.630. The van der Waals surface area contributed by atoms with Crippen LogP contribution in [0.1, 0.15) is 33.6 Å². The summed E-state index contributed by atoms with van der Waals surface area (Å²) in [5.41, 5.74) is -1.99. The van der Waals surface area contributed by atoms with Crippen molar-refractivity contribution in [1.82, 2.24) is 0 Å². The monoisotopic (exact) mass is 311 g/mol. The number of methoxy groups -OCH3 is 1. The number of aliphatic carboxylic acids is 1. The molecule has 4 atom stereocenters. The van der Waals surface area contributed by atoms with Gasteiger partial charge < -0.3 is 14.6 Å². The molecular formula is C15H21NO6. The number of hydrogen-bond acceptors (Lipinski definition) is 5. The molecule has 2 saturated carbocycles. The van der Waals surface area contributed by atoms with Crippen molar-refractivity contribution >= 4 is 24.2 Å². The summed E-state index contributed by atoms with van der Waals surface area (Å²) in [6.07, 6.45) is 1.29. The zero-order valence-corrected chi connectivity index (χ0v) is 13.2. The minimum absolute atomic E-state index is 0.00589. The van der Waals surface area contributed by atoms with Crippen LogP contribution in [-0.2, 0) is 19.1 Å². The molecule has 122 valence electrons. The first kappa shape index (κ1) is 16.5. The van der Waals surface area contributed by atoms with Gasteiger partial charge in [0, 0.05) is 6.21 Å². The highest BCUT2D eigenvalue weighted by atomic mass is 16.6. The van der Waals surface area contributed by atoms with Crippen molar-refractivity contribution in [2.75, 3.05) is 7.11 Å². The van der Waals surface area contributed by atoms with Crippen molar-refractivity contribution in [3.63, 3.8) is 0 Å². The largest absolute Gasteiger partial charge is 0.481 e. The fraction of sp³-hybridized carbons (Fsp3) is 0.733. The van der Waals surface area contributed by atoms with E-state index < -0.39 is 35.0 Å². The summed E-state index contributed by atoms with van der Waals surface area (Å²) < 4.78 is 9.75. The molecule has 0 spiro atoms. The van der Waals surface area contributed by atoms with E-state index >= 15 is 0 Å². The van der Waals surface area contributed by atoms with Gasteiger partial charge in [-0.1, -0.05) is 0 Å². The standard InChI is InChI=1S/C15H21NO6/c1-14(2,3)22-13(20)16-7-15(12(18)19)6-5-8-9(10(8)15)11(17)21-4/h7-10H,5-6H2,1-4H3,(H,18,19)/b16-7+/t8-,9-,10-,15-/m0/s1. The van der Waals surface area contributed by atoms with E-state index in [0.29, 0.717) is 12.8 Å². The van der Waals surface area contributed by atoms with Crippen LogP contribution >= 0.6 is 0 Å². The Morgan fingerprint density at radius 1 is 1.32 bits per heavy atom. The topological polar surface area (TPSA) is 102 Å². The van der Waals surface area contributed by atoms with Crippen LogP contribution in [0.5, 0.6) is 0 Å². The number of amides is 1. The number of aliphatic imine (C=N–C) groups is 1. The van der Waals surface area contributed by atoms with Gasteiger partial charge in [-0.25, -0.2) is 4.79 Å². The summed E-state index contributed by atoms with van der Waals surface area (Å²) in [5, 5.41) is 9.58. The van der Waals surface area contributed by atoms with E-state index in [9.17, 15) is 19.5 Å². The summed E-state index contributed by atoms with van der Waals surface area (Å²) >= 11 is 0.